The van der Waals surface area contributed by atoms with Crippen LogP contribution in [0.25, 0.3) is 21.9 Å². The largest absolute Gasteiger partial charge is 0.456 e. The topological polar surface area (TPSA) is 56.5 Å². The molecule has 3 aromatic carbocycles. The third kappa shape index (κ3) is 3.07. The fourth-order valence-electron chi connectivity index (χ4n) is 2.60. The molecule has 0 saturated heterocycles. The molecule has 1 aromatic heterocycles. The van der Waals surface area contributed by atoms with Gasteiger partial charge in [0, 0.05) is 19.7 Å². The average Bonchev–Trinajstić information content (AvgIpc) is 2.95. The van der Waals surface area contributed by atoms with Crippen molar-refractivity contribution in [3.63, 3.8) is 0 Å². The van der Waals surface area contributed by atoms with Crippen LogP contribution in [-0.4, -0.2) is 8.42 Å². The Kier molecular flexibility index (Phi) is 4.10. The van der Waals surface area contributed by atoms with Gasteiger partial charge in [-0.2, -0.15) is 8.42 Å². The second kappa shape index (κ2) is 6.16. The highest BCUT2D eigenvalue weighted by Gasteiger charge is 2.21. The molecule has 0 amide bonds. The quantitative estimate of drug-likeness (QED) is 0.343. The molecule has 0 unspecified atom stereocenters. The molecule has 126 valence electrons. The minimum absolute atomic E-state index is 0.0547. The van der Waals surface area contributed by atoms with Crippen molar-refractivity contribution in [2.45, 2.75) is 4.90 Å². The van der Waals surface area contributed by atoms with Gasteiger partial charge in [0.1, 0.15) is 21.8 Å². The Morgan fingerprint density at radius 1 is 0.840 bits per heavy atom. The van der Waals surface area contributed by atoms with Gasteiger partial charge in [-0.05, 0) is 58.4 Å². The van der Waals surface area contributed by atoms with Crippen molar-refractivity contribution < 1.29 is 17.0 Å². The molecule has 0 saturated carbocycles. The summed E-state index contributed by atoms with van der Waals surface area (Å²) in [4.78, 5) is 0.0547. The van der Waals surface area contributed by atoms with Gasteiger partial charge in [0.25, 0.3) is 0 Å². The molecule has 4 aromatic rings. The molecule has 7 heteroatoms. The van der Waals surface area contributed by atoms with Crippen molar-refractivity contribution in [1.82, 2.24) is 0 Å². The minimum atomic E-state index is -3.98. The molecule has 0 N–H and O–H groups in total. The van der Waals surface area contributed by atoms with Crippen LogP contribution in [0.4, 0.5) is 0 Å². The third-order valence-corrected chi connectivity index (χ3v) is 6.45. The molecule has 1 heterocycles. The summed E-state index contributed by atoms with van der Waals surface area (Å²) in [5, 5.41) is 1.71. The number of furan rings is 1. The Bertz CT molecular complexity index is 1210. The van der Waals surface area contributed by atoms with Crippen LogP contribution >= 0.6 is 31.9 Å². The van der Waals surface area contributed by atoms with Crippen molar-refractivity contribution in [3.05, 3.63) is 69.6 Å². The van der Waals surface area contributed by atoms with Crippen LogP contribution in [0.1, 0.15) is 0 Å². The molecule has 25 heavy (non-hydrogen) atoms. The fraction of sp³-hybridized carbons (Fsp3) is 0. The second-order valence-corrected chi connectivity index (χ2v) is 8.65. The number of para-hydroxylation sites is 1. The van der Waals surface area contributed by atoms with E-state index in [9.17, 15) is 8.42 Å². The molecule has 0 bridgehead atoms. The van der Waals surface area contributed by atoms with Gasteiger partial charge in [0.15, 0.2) is 0 Å². The highest BCUT2D eigenvalue weighted by atomic mass is 79.9. The molecule has 0 aliphatic rings. The molecule has 4 rings (SSSR count). The molecule has 0 aliphatic carbocycles. The van der Waals surface area contributed by atoms with E-state index in [1.807, 2.05) is 24.3 Å². The number of hydrogen-bond acceptors (Lipinski definition) is 4. The van der Waals surface area contributed by atoms with Crippen LogP contribution in [0.5, 0.6) is 5.75 Å². The van der Waals surface area contributed by atoms with Gasteiger partial charge >= 0.3 is 10.1 Å². The number of rotatable bonds is 3. The first-order valence-corrected chi connectivity index (χ1v) is 10.2. The van der Waals surface area contributed by atoms with Gasteiger partial charge in [0.05, 0.1) is 0 Å². The second-order valence-electron chi connectivity index (χ2n) is 5.37. The van der Waals surface area contributed by atoms with Gasteiger partial charge in [-0.25, -0.2) is 0 Å². The fourth-order valence-corrected chi connectivity index (χ4v) is 4.98. The standard InChI is InChI=1S/C18H10Br2O4S/c19-11-5-7-15(20)18(9-11)25(21,22)24-12-6-8-17-14(10-12)13-3-1-2-4-16(13)23-17/h1-10H. The predicted molar refractivity (Wildman–Crippen MR) is 103 cm³/mol. The predicted octanol–water partition coefficient (Wildman–Crippen LogP) is 5.88. The normalized spacial score (nSPS) is 11.9. The Balaban J connectivity index is 1.79. The first-order valence-electron chi connectivity index (χ1n) is 7.25. The van der Waals surface area contributed by atoms with Gasteiger partial charge in [-0.1, -0.05) is 34.1 Å². The van der Waals surface area contributed by atoms with E-state index < -0.39 is 10.1 Å². The number of benzene rings is 3. The summed E-state index contributed by atoms with van der Waals surface area (Å²) in [5.41, 5.74) is 1.42. The monoisotopic (exact) mass is 480 g/mol. The van der Waals surface area contributed by atoms with Crippen LogP contribution in [-0.2, 0) is 10.1 Å². The summed E-state index contributed by atoms with van der Waals surface area (Å²) in [7, 11) is -3.98. The van der Waals surface area contributed by atoms with Gasteiger partial charge in [-0.15, -0.1) is 0 Å². The highest BCUT2D eigenvalue weighted by molar-refractivity contribution is 9.11. The minimum Gasteiger partial charge on any atom is -0.456 e. The van der Waals surface area contributed by atoms with E-state index in [1.165, 1.54) is 6.07 Å². The zero-order valence-corrected chi connectivity index (χ0v) is 16.6. The lowest BCUT2D eigenvalue weighted by Crippen LogP contribution is -2.10. The number of halogens is 2. The first kappa shape index (κ1) is 16.6. The lowest BCUT2D eigenvalue weighted by molar-refractivity contribution is 0.485. The van der Waals surface area contributed by atoms with Crippen molar-refractivity contribution in [3.8, 4) is 5.75 Å². The maximum atomic E-state index is 12.6. The molecule has 0 fully saturated rings. The SMILES string of the molecule is O=S(=O)(Oc1ccc2oc3ccccc3c2c1)c1cc(Br)ccc1Br. The third-order valence-electron chi connectivity index (χ3n) is 3.72. The van der Waals surface area contributed by atoms with E-state index in [4.69, 9.17) is 8.60 Å². The molecule has 0 spiro atoms. The van der Waals surface area contributed by atoms with E-state index in [2.05, 4.69) is 31.9 Å². The molecular weight excluding hydrogens is 472 g/mol. The molecule has 4 nitrogen and oxygen atoms in total. The van der Waals surface area contributed by atoms with Gasteiger partial charge in [0.2, 0.25) is 0 Å². The maximum absolute atomic E-state index is 12.6. The van der Waals surface area contributed by atoms with Crippen LogP contribution in [0, 0.1) is 0 Å². The zero-order chi connectivity index (χ0) is 17.6. The molecule has 0 aliphatic heterocycles. The van der Waals surface area contributed by atoms with E-state index in [-0.39, 0.29) is 10.6 Å². The van der Waals surface area contributed by atoms with Gasteiger partial charge in [-0.3, -0.25) is 0 Å². The Labute approximate surface area is 160 Å². The van der Waals surface area contributed by atoms with Crippen LogP contribution in [0.15, 0.2) is 78.9 Å². The van der Waals surface area contributed by atoms with Crippen molar-refractivity contribution >= 4 is 63.9 Å². The van der Waals surface area contributed by atoms with Crippen LogP contribution in [0.3, 0.4) is 0 Å². The lowest BCUT2D eigenvalue weighted by Gasteiger charge is -2.09. The molecule has 0 atom stereocenters. The Hall–Kier alpha value is -1.83. The van der Waals surface area contributed by atoms with Gasteiger partial charge < -0.3 is 8.60 Å². The van der Waals surface area contributed by atoms with E-state index in [0.717, 1.165) is 16.4 Å². The maximum Gasteiger partial charge on any atom is 0.340 e. The van der Waals surface area contributed by atoms with Crippen molar-refractivity contribution in [2.75, 3.05) is 0 Å². The highest BCUT2D eigenvalue weighted by Crippen LogP contribution is 2.33. The summed E-state index contributed by atoms with van der Waals surface area (Å²) in [6.07, 6.45) is 0. The van der Waals surface area contributed by atoms with E-state index in [1.54, 1.807) is 30.3 Å². The molecule has 0 radical (unpaired) electrons. The van der Waals surface area contributed by atoms with E-state index >= 15 is 0 Å². The summed E-state index contributed by atoms with van der Waals surface area (Å²) in [5.74, 6) is 0.228. The first-order chi connectivity index (χ1) is 11.9. The van der Waals surface area contributed by atoms with E-state index in [0.29, 0.717) is 14.5 Å². The Morgan fingerprint density at radius 3 is 2.44 bits per heavy atom. The number of hydrogen-bond donors (Lipinski definition) is 0. The Morgan fingerprint density at radius 2 is 1.60 bits per heavy atom. The lowest BCUT2D eigenvalue weighted by atomic mass is 10.1. The van der Waals surface area contributed by atoms with Crippen LogP contribution in [0.2, 0.25) is 0 Å². The number of fused-ring (bicyclic) bond motifs is 3. The van der Waals surface area contributed by atoms with Crippen molar-refractivity contribution in [2.24, 2.45) is 0 Å². The summed E-state index contributed by atoms with van der Waals surface area (Å²) in [6, 6.07) is 17.4. The average molecular weight is 482 g/mol. The van der Waals surface area contributed by atoms with Crippen molar-refractivity contribution in [1.29, 1.82) is 0 Å². The van der Waals surface area contributed by atoms with Crippen LogP contribution < -0.4 is 4.18 Å². The summed E-state index contributed by atoms with van der Waals surface area (Å²) < 4.78 is 37.4. The molecular formula is C18H10Br2O4S. The summed E-state index contributed by atoms with van der Waals surface area (Å²) in [6.45, 7) is 0. The summed E-state index contributed by atoms with van der Waals surface area (Å²) >= 11 is 6.53. The smallest absolute Gasteiger partial charge is 0.340 e. The zero-order valence-electron chi connectivity index (χ0n) is 12.6.